The van der Waals surface area contributed by atoms with E-state index in [1.165, 1.54) is 16.7 Å². The van der Waals surface area contributed by atoms with Gasteiger partial charge in [0.15, 0.2) is 0 Å². The minimum absolute atomic E-state index is 0.345. The maximum Gasteiger partial charge on any atom is 0.0760 e. The molecule has 0 heterocycles. The Balaban J connectivity index is 2.94. The van der Waals surface area contributed by atoms with Crippen LogP contribution in [0, 0.1) is 11.8 Å². The van der Waals surface area contributed by atoms with Crippen molar-refractivity contribution in [1.82, 2.24) is 0 Å². The fourth-order valence-corrected chi connectivity index (χ4v) is 2.72. The van der Waals surface area contributed by atoms with Gasteiger partial charge in [-0.05, 0) is 58.3 Å². The molecule has 0 aliphatic heterocycles. The number of allylic oxidation sites excluding steroid dienone is 6. The lowest BCUT2D eigenvalue weighted by atomic mass is 9.88. The molecule has 0 radical (unpaired) electrons. The highest BCUT2D eigenvalue weighted by atomic mass is 16.3. The Morgan fingerprint density at radius 1 is 1.10 bits per heavy atom. The molecule has 0 saturated carbocycles. The molecule has 2 atom stereocenters. The van der Waals surface area contributed by atoms with Gasteiger partial charge in [-0.3, -0.25) is 0 Å². The smallest absolute Gasteiger partial charge is 0.0760 e. The lowest BCUT2D eigenvalue weighted by Gasteiger charge is -2.18. The molecule has 0 bridgehead atoms. The third kappa shape index (κ3) is 7.47. The van der Waals surface area contributed by atoms with Crippen LogP contribution in [0.25, 0.3) is 0 Å². The van der Waals surface area contributed by atoms with Crippen LogP contribution in [0.15, 0.2) is 47.1 Å². The van der Waals surface area contributed by atoms with Crippen molar-refractivity contribution in [3.8, 4) is 0 Å². The molecule has 0 aromatic carbocycles. The van der Waals surface area contributed by atoms with E-state index in [0.29, 0.717) is 11.8 Å². The summed E-state index contributed by atoms with van der Waals surface area (Å²) in [4.78, 5) is 0. The Hall–Kier alpha value is -1.08. The summed E-state index contributed by atoms with van der Waals surface area (Å²) in [5.41, 5.74) is 3.89. The number of rotatable bonds is 1. The van der Waals surface area contributed by atoms with Gasteiger partial charge in [-0.1, -0.05) is 60.9 Å². The standard InChI is InChI=1S/C20H32O/c1-15(2)19-11-9-16(3)7-6-8-17(4)13-20(21)14-18(5)10-12-19/h7-9,11,14-15,19-21H,6,10,12-13H2,1-5H3/b11-9+,16-7-,17-8+,18-14+/t19?,20-/m1/s1. The summed E-state index contributed by atoms with van der Waals surface area (Å²) in [5, 5.41) is 10.1. The highest BCUT2D eigenvalue weighted by Gasteiger charge is 2.11. The van der Waals surface area contributed by atoms with E-state index in [2.05, 4.69) is 58.9 Å². The van der Waals surface area contributed by atoms with E-state index in [1.54, 1.807) is 0 Å². The lowest BCUT2D eigenvalue weighted by molar-refractivity contribution is 0.222. The molecule has 0 amide bonds. The zero-order chi connectivity index (χ0) is 15.8. The number of hydrogen-bond donors (Lipinski definition) is 1. The van der Waals surface area contributed by atoms with Gasteiger partial charge in [0.2, 0.25) is 0 Å². The molecular formula is C20H32O. The van der Waals surface area contributed by atoms with Crippen LogP contribution < -0.4 is 0 Å². The van der Waals surface area contributed by atoms with Crippen LogP contribution >= 0.6 is 0 Å². The molecular weight excluding hydrogens is 256 g/mol. The molecule has 1 rings (SSSR count). The average Bonchev–Trinajstić information content (AvgIpc) is 2.36. The lowest BCUT2D eigenvalue weighted by Crippen LogP contribution is -2.07. The van der Waals surface area contributed by atoms with E-state index >= 15 is 0 Å². The molecule has 0 aromatic heterocycles. The van der Waals surface area contributed by atoms with E-state index in [9.17, 15) is 5.11 Å². The molecule has 1 unspecified atom stereocenters. The molecule has 1 aliphatic rings. The van der Waals surface area contributed by atoms with Crippen LogP contribution in [0.1, 0.15) is 60.3 Å². The van der Waals surface area contributed by atoms with Crippen molar-refractivity contribution in [2.45, 2.75) is 66.4 Å². The molecule has 118 valence electrons. The summed E-state index contributed by atoms with van der Waals surface area (Å²) in [5.74, 6) is 1.26. The first kappa shape index (κ1) is 18.0. The second kappa shape index (κ2) is 9.04. The first-order valence-corrected chi connectivity index (χ1v) is 8.24. The van der Waals surface area contributed by atoms with Crippen molar-refractivity contribution in [2.24, 2.45) is 11.8 Å². The minimum Gasteiger partial charge on any atom is -0.389 e. The second-order valence-corrected chi connectivity index (χ2v) is 6.82. The van der Waals surface area contributed by atoms with Gasteiger partial charge in [-0.15, -0.1) is 0 Å². The van der Waals surface area contributed by atoms with E-state index in [0.717, 1.165) is 25.7 Å². The molecule has 0 aromatic rings. The zero-order valence-corrected chi connectivity index (χ0v) is 14.4. The number of aliphatic hydroxyl groups is 1. The molecule has 0 saturated heterocycles. The van der Waals surface area contributed by atoms with Crippen molar-refractivity contribution in [1.29, 1.82) is 0 Å². The molecule has 21 heavy (non-hydrogen) atoms. The van der Waals surface area contributed by atoms with Gasteiger partial charge in [0.25, 0.3) is 0 Å². The third-order valence-corrected chi connectivity index (χ3v) is 4.25. The first-order chi connectivity index (χ1) is 9.88. The quantitative estimate of drug-likeness (QED) is 0.624. The largest absolute Gasteiger partial charge is 0.389 e. The zero-order valence-electron chi connectivity index (χ0n) is 14.4. The molecule has 1 nitrogen and oxygen atoms in total. The van der Waals surface area contributed by atoms with Gasteiger partial charge in [0.1, 0.15) is 0 Å². The van der Waals surface area contributed by atoms with Crippen LogP contribution in [0.5, 0.6) is 0 Å². The third-order valence-electron chi connectivity index (χ3n) is 4.25. The van der Waals surface area contributed by atoms with Gasteiger partial charge in [-0.25, -0.2) is 0 Å². The fraction of sp³-hybridized carbons (Fsp3) is 0.600. The van der Waals surface area contributed by atoms with Gasteiger partial charge in [0.05, 0.1) is 6.10 Å². The maximum absolute atomic E-state index is 10.1. The van der Waals surface area contributed by atoms with E-state index in [4.69, 9.17) is 0 Å². The van der Waals surface area contributed by atoms with E-state index in [1.807, 2.05) is 6.08 Å². The first-order valence-electron chi connectivity index (χ1n) is 8.24. The summed E-state index contributed by atoms with van der Waals surface area (Å²) in [6.45, 7) is 11.0. The predicted octanol–water partition coefficient (Wildman–Crippen LogP) is 5.59. The van der Waals surface area contributed by atoms with Gasteiger partial charge in [-0.2, -0.15) is 0 Å². The second-order valence-electron chi connectivity index (χ2n) is 6.82. The Labute approximate surface area is 131 Å². The summed E-state index contributed by atoms with van der Waals surface area (Å²) in [7, 11) is 0. The van der Waals surface area contributed by atoms with Gasteiger partial charge < -0.3 is 5.11 Å². The highest BCUT2D eigenvalue weighted by molar-refractivity contribution is 5.19. The van der Waals surface area contributed by atoms with Crippen LogP contribution in [0.4, 0.5) is 0 Å². The van der Waals surface area contributed by atoms with Crippen molar-refractivity contribution in [3.63, 3.8) is 0 Å². The van der Waals surface area contributed by atoms with Crippen molar-refractivity contribution in [3.05, 3.63) is 47.1 Å². The van der Waals surface area contributed by atoms with Crippen molar-refractivity contribution >= 4 is 0 Å². The Morgan fingerprint density at radius 3 is 2.48 bits per heavy atom. The molecule has 1 N–H and O–H groups in total. The van der Waals surface area contributed by atoms with Crippen molar-refractivity contribution in [2.75, 3.05) is 0 Å². The van der Waals surface area contributed by atoms with Crippen molar-refractivity contribution < 1.29 is 5.11 Å². The summed E-state index contributed by atoms with van der Waals surface area (Å²) in [6.07, 6.45) is 14.7. The normalized spacial score (nSPS) is 34.9. The fourth-order valence-electron chi connectivity index (χ4n) is 2.72. The number of aliphatic hydroxyl groups excluding tert-OH is 1. The average molecular weight is 288 g/mol. The van der Waals surface area contributed by atoms with Crippen LogP contribution in [-0.4, -0.2) is 11.2 Å². The topological polar surface area (TPSA) is 20.2 Å². The predicted molar refractivity (Wildman–Crippen MR) is 93.2 cm³/mol. The van der Waals surface area contributed by atoms with Gasteiger partial charge in [0, 0.05) is 0 Å². The summed E-state index contributed by atoms with van der Waals surface area (Å²) < 4.78 is 0. The van der Waals surface area contributed by atoms with Crippen LogP contribution in [0.2, 0.25) is 0 Å². The molecule has 0 fully saturated rings. The Kier molecular flexibility index (Phi) is 7.74. The molecule has 1 heteroatoms. The monoisotopic (exact) mass is 288 g/mol. The van der Waals surface area contributed by atoms with E-state index in [-0.39, 0.29) is 6.10 Å². The maximum atomic E-state index is 10.1. The highest BCUT2D eigenvalue weighted by Crippen LogP contribution is 2.23. The Bertz CT molecular complexity index is 435. The molecule has 0 spiro atoms. The summed E-state index contributed by atoms with van der Waals surface area (Å²) in [6, 6.07) is 0. The minimum atomic E-state index is -0.345. The summed E-state index contributed by atoms with van der Waals surface area (Å²) >= 11 is 0. The number of hydrogen-bond acceptors (Lipinski definition) is 1. The van der Waals surface area contributed by atoms with Crippen LogP contribution in [-0.2, 0) is 0 Å². The van der Waals surface area contributed by atoms with E-state index < -0.39 is 0 Å². The molecule has 1 aliphatic carbocycles. The van der Waals surface area contributed by atoms with Gasteiger partial charge >= 0.3 is 0 Å². The van der Waals surface area contributed by atoms with Crippen LogP contribution in [0.3, 0.4) is 0 Å². The SMILES string of the molecule is CC1=C/C/C=C(\C)C[C@@H](O)/C=C(\C)CCC(C(C)C)\C=C\1. The Morgan fingerprint density at radius 2 is 1.81 bits per heavy atom.